The van der Waals surface area contributed by atoms with Gasteiger partial charge < -0.3 is 24.6 Å². The van der Waals surface area contributed by atoms with Crippen LogP contribution in [0, 0.1) is 0 Å². The van der Waals surface area contributed by atoms with E-state index in [9.17, 15) is 14.7 Å². The lowest BCUT2D eigenvalue weighted by Crippen LogP contribution is -2.44. The molecule has 0 heterocycles. The Morgan fingerprint density at radius 3 is 2.21 bits per heavy atom. The molecule has 0 bridgehead atoms. The zero-order valence-electron chi connectivity index (χ0n) is 22.0. The number of carbonyl (C=O) groups excluding carboxylic acids is 2. The first-order chi connectivity index (χ1) is 18.4. The number of methoxy groups -OCH3 is 3. The molecule has 0 aliphatic heterocycles. The van der Waals surface area contributed by atoms with Gasteiger partial charge in [0.15, 0.2) is 0 Å². The number of rotatable bonds is 11. The first-order valence-corrected chi connectivity index (χ1v) is 12.6. The molecule has 1 aliphatic carbocycles. The summed E-state index contributed by atoms with van der Waals surface area (Å²) in [4.78, 5) is 26.5. The molecule has 1 unspecified atom stereocenters. The second-order valence-electron chi connectivity index (χ2n) is 9.37. The van der Waals surface area contributed by atoms with Crippen molar-refractivity contribution in [2.45, 2.75) is 31.5 Å². The van der Waals surface area contributed by atoms with E-state index in [4.69, 9.17) is 14.2 Å². The van der Waals surface area contributed by atoms with Crippen molar-refractivity contribution >= 4 is 11.9 Å². The van der Waals surface area contributed by atoms with Crippen LogP contribution in [0.2, 0.25) is 0 Å². The molecule has 0 spiro atoms. The highest BCUT2D eigenvalue weighted by Crippen LogP contribution is 2.30. The van der Waals surface area contributed by atoms with Crippen molar-refractivity contribution < 1.29 is 28.9 Å². The number of nitrogens with zero attached hydrogens (tertiary/aromatic N) is 1. The van der Waals surface area contributed by atoms with Crippen molar-refractivity contribution in [2.24, 2.45) is 0 Å². The van der Waals surface area contributed by atoms with Crippen LogP contribution in [0.25, 0.3) is 0 Å². The van der Waals surface area contributed by atoms with Gasteiger partial charge >= 0.3 is 5.97 Å². The quantitative estimate of drug-likeness (QED) is 0.376. The van der Waals surface area contributed by atoms with Gasteiger partial charge in [-0.1, -0.05) is 30.3 Å². The minimum Gasteiger partial charge on any atom is -0.497 e. The van der Waals surface area contributed by atoms with E-state index in [2.05, 4.69) is 34.5 Å². The molecule has 1 amide bonds. The molecule has 3 aromatic rings. The molecule has 0 fully saturated rings. The summed E-state index contributed by atoms with van der Waals surface area (Å²) in [5, 5.41) is 13.8. The minimum absolute atomic E-state index is 0.0908. The molecule has 0 saturated carbocycles. The molecule has 8 nitrogen and oxygen atoms in total. The van der Waals surface area contributed by atoms with Crippen LogP contribution in [0.15, 0.2) is 66.7 Å². The number of ether oxygens (including phenoxy) is 3. The SMILES string of the molecule is COC(=O)c1ccc(C(=O)NCC(O)CN(Cc2ccc(OC)cc2OC)C2Cc3ccccc3C2)cc1. The van der Waals surface area contributed by atoms with Crippen LogP contribution >= 0.6 is 0 Å². The predicted molar refractivity (Wildman–Crippen MR) is 144 cm³/mol. The molecule has 0 radical (unpaired) electrons. The molecule has 8 heteroatoms. The molecule has 1 atom stereocenters. The van der Waals surface area contributed by atoms with E-state index in [1.807, 2.05) is 18.2 Å². The Hall–Kier alpha value is -3.88. The summed E-state index contributed by atoms with van der Waals surface area (Å²) in [5.41, 5.74) is 4.40. The van der Waals surface area contributed by atoms with Crippen molar-refractivity contribution in [2.75, 3.05) is 34.4 Å². The summed E-state index contributed by atoms with van der Waals surface area (Å²) >= 11 is 0. The summed E-state index contributed by atoms with van der Waals surface area (Å²) < 4.78 is 15.7. The van der Waals surface area contributed by atoms with Gasteiger partial charge in [0.05, 0.1) is 33.0 Å². The van der Waals surface area contributed by atoms with E-state index in [0.29, 0.717) is 30.0 Å². The number of esters is 1. The minimum atomic E-state index is -0.791. The molecular weight excluding hydrogens is 484 g/mol. The molecule has 38 heavy (non-hydrogen) atoms. The maximum absolute atomic E-state index is 12.6. The molecule has 0 saturated heterocycles. The standard InChI is InChI=1S/C30H34N2O6/c1-36-27-13-12-24(28(16-27)37-2)18-32(25-14-22-6-4-5-7-23(22)15-25)19-26(33)17-31-29(34)20-8-10-21(11-9-20)30(35)38-3/h4-13,16,25-26,33H,14-15,17-19H2,1-3H3,(H,31,34). The molecule has 4 rings (SSSR count). The van der Waals surface area contributed by atoms with Gasteiger partial charge in [-0.25, -0.2) is 4.79 Å². The Labute approximate surface area is 223 Å². The first kappa shape index (κ1) is 27.2. The lowest BCUT2D eigenvalue weighted by Gasteiger charge is -2.31. The van der Waals surface area contributed by atoms with Crippen molar-refractivity contribution in [3.05, 3.63) is 94.5 Å². The van der Waals surface area contributed by atoms with Gasteiger partial charge in [0.1, 0.15) is 11.5 Å². The van der Waals surface area contributed by atoms with Gasteiger partial charge in [0, 0.05) is 42.9 Å². The fraction of sp³-hybridized carbons (Fsp3) is 0.333. The number of aliphatic hydroxyl groups excluding tert-OH is 1. The van der Waals surface area contributed by atoms with E-state index in [0.717, 1.165) is 24.2 Å². The molecule has 2 N–H and O–H groups in total. The van der Waals surface area contributed by atoms with Crippen molar-refractivity contribution in [1.82, 2.24) is 10.2 Å². The summed E-state index contributed by atoms with van der Waals surface area (Å²) in [6, 6.07) is 20.6. The Morgan fingerprint density at radius 1 is 0.947 bits per heavy atom. The molecule has 3 aromatic carbocycles. The summed E-state index contributed by atoms with van der Waals surface area (Å²) in [6.45, 7) is 1.04. The van der Waals surface area contributed by atoms with Gasteiger partial charge in [-0.05, 0) is 54.3 Å². The predicted octanol–water partition coefficient (Wildman–Crippen LogP) is 3.25. The van der Waals surface area contributed by atoms with Crippen molar-refractivity contribution in [3.63, 3.8) is 0 Å². The van der Waals surface area contributed by atoms with E-state index < -0.39 is 12.1 Å². The molecule has 1 aliphatic rings. The number of fused-ring (bicyclic) bond motifs is 1. The van der Waals surface area contributed by atoms with Gasteiger partial charge in [-0.3, -0.25) is 9.69 Å². The highest BCUT2D eigenvalue weighted by atomic mass is 16.5. The fourth-order valence-corrected chi connectivity index (χ4v) is 4.86. The third-order valence-electron chi connectivity index (χ3n) is 6.93. The molecule has 0 aromatic heterocycles. The zero-order chi connectivity index (χ0) is 27.1. The Kier molecular flexibility index (Phi) is 8.99. The van der Waals surface area contributed by atoms with Crippen LogP contribution in [0.4, 0.5) is 0 Å². The number of carbonyl (C=O) groups is 2. The Balaban J connectivity index is 1.43. The van der Waals surface area contributed by atoms with E-state index in [1.165, 1.54) is 18.2 Å². The van der Waals surface area contributed by atoms with Crippen molar-refractivity contribution in [3.8, 4) is 11.5 Å². The Bertz CT molecular complexity index is 1230. The van der Waals surface area contributed by atoms with Crippen LogP contribution in [-0.2, 0) is 24.1 Å². The smallest absolute Gasteiger partial charge is 0.337 e. The van der Waals surface area contributed by atoms with Crippen LogP contribution in [0.1, 0.15) is 37.4 Å². The largest absolute Gasteiger partial charge is 0.497 e. The lowest BCUT2D eigenvalue weighted by atomic mass is 10.1. The highest BCUT2D eigenvalue weighted by molar-refractivity contribution is 5.96. The number of aliphatic hydroxyl groups is 1. The summed E-state index contributed by atoms with van der Waals surface area (Å²) in [6.07, 6.45) is 0.988. The lowest BCUT2D eigenvalue weighted by molar-refractivity contribution is 0.0600. The maximum Gasteiger partial charge on any atom is 0.337 e. The average Bonchev–Trinajstić information content (AvgIpc) is 3.39. The average molecular weight is 519 g/mol. The highest BCUT2D eigenvalue weighted by Gasteiger charge is 2.29. The number of amides is 1. The van der Waals surface area contributed by atoms with Crippen LogP contribution in [-0.4, -0.2) is 68.4 Å². The fourth-order valence-electron chi connectivity index (χ4n) is 4.86. The second kappa shape index (κ2) is 12.6. The van der Waals surface area contributed by atoms with Gasteiger partial charge in [0.25, 0.3) is 5.91 Å². The van der Waals surface area contributed by atoms with Crippen molar-refractivity contribution in [1.29, 1.82) is 0 Å². The van der Waals surface area contributed by atoms with Gasteiger partial charge in [-0.15, -0.1) is 0 Å². The Morgan fingerprint density at radius 2 is 1.61 bits per heavy atom. The number of benzene rings is 3. The number of hydrogen-bond donors (Lipinski definition) is 2. The second-order valence-corrected chi connectivity index (χ2v) is 9.37. The van der Waals surface area contributed by atoms with Gasteiger partial charge in [-0.2, -0.15) is 0 Å². The van der Waals surface area contributed by atoms with Crippen LogP contribution < -0.4 is 14.8 Å². The normalized spacial score (nSPS) is 13.6. The van der Waals surface area contributed by atoms with Crippen LogP contribution in [0.5, 0.6) is 11.5 Å². The third kappa shape index (κ3) is 6.51. The monoisotopic (exact) mass is 518 g/mol. The topological polar surface area (TPSA) is 97.3 Å². The zero-order valence-corrected chi connectivity index (χ0v) is 22.0. The summed E-state index contributed by atoms with van der Waals surface area (Å²) in [5.74, 6) is 0.656. The van der Waals surface area contributed by atoms with Crippen LogP contribution in [0.3, 0.4) is 0 Å². The first-order valence-electron chi connectivity index (χ1n) is 12.6. The third-order valence-corrected chi connectivity index (χ3v) is 6.93. The number of nitrogens with one attached hydrogen (secondary N) is 1. The van der Waals surface area contributed by atoms with E-state index >= 15 is 0 Å². The van der Waals surface area contributed by atoms with E-state index in [-0.39, 0.29) is 18.5 Å². The summed E-state index contributed by atoms with van der Waals surface area (Å²) in [7, 11) is 4.56. The van der Waals surface area contributed by atoms with Gasteiger partial charge in [0.2, 0.25) is 0 Å². The maximum atomic E-state index is 12.6. The molecule has 200 valence electrons. The number of hydrogen-bond acceptors (Lipinski definition) is 7. The van der Waals surface area contributed by atoms with E-state index in [1.54, 1.807) is 38.5 Å². The molecular formula is C30H34N2O6.